The number of likely N-dealkylation sites (N-methyl/N-ethyl adjacent to an activating group) is 2. The molecule has 0 saturated carbocycles. The van der Waals surface area contributed by atoms with Crippen LogP contribution in [0.25, 0.3) is 0 Å². The van der Waals surface area contributed by atoms with Crippen molar-refractivity contribution in [2.24, 2.45) is 0 Å². The molecule has 0 bridgehead atoms. The second kappa shape index (κ2) is 6.18. The third kappa shape index (κ3) is 3.17. The van der Waals surface area contributed by atoms with Crippen LogP contribution in [0.4, 0.5) is 5.69 Å². The minimum absolute atomic E-state index is 0.529. The zero-order chi connectivity index (χ0) is 12.1. The van der Waals surface area contributed by atoms with Crippen molar-refractivity contribution in [1.29, 1.82) is 0 Å². The summed E-state index contributed by atoms with van der Waals surface area (Å²) in [6.07, 6.45) is 0. The lowest BCUT2D eigenvalue weighted by molar-refractivity contribution is 0.415. The molecule has 16 heavy (non-hydrogen) atoms. The van der Waals surface area contributed by atoms with Crippen molar-refractivity contribution < 1.29 is 4.74 Å². The topological polar surface area (TPSA) is 24.5 Å². The number of methoxy groups -OCH3 is 1. The number of rotatable bonds is 5. The summed E-state index contributed by atoms with van der Waals surface area (Å²) in [6, 6.07) is 3.53. The Kier molecular flexibility index (Phi) is 5.19. The van der Waals surface area contributed by atoms with Crippen LogP contribution in [0.1, 0.15) is 0 Å². The van der Waals surface area contributed by atoms with Gasteiger partial charge in [-0.3, -0.25) is 0 Å². The maximum Gasteiger partial charge on any atom is 0.160 e. The van der Waals surface area contributed by atoms with Gasteiger partial charge in [0, 0.05) is 25.2 Å². The molecule has 1 aromatic carbocycles. The molecule has 1 N–H and O–H groups in total. The fourth-order valence-corrected chi connectivity index (χ4v) is 1.99. The maximum atomic E-state index is 6.06. The summed E-state index contributed by atoms with van der Waals surface area (Å²) < 4.78 is 5.28. The molecule has 0 aliphatic rings. The zero-order valence-corrected chi connectivity index (χ0v) is 11.2. The molecular weight excluding hydrogens is 247 g/mol. The standard InChI is InChI=1S/C11H16Cl2N2O/c1-14-4-5-15(2)10-7-8(12)6-9(13)11(10)16-3/h6-7,14H,4-5H2,1-3H3. The Bertz CT molecular complexity index is 358. The lowest BCUT2D eigenvalue weighted by Crippen LogP contribution is -2.27. The van der Waals surface area contributed by atoms with E-state index in [1.54, 1.807) is 13.2 Å². The highest BCUT2D eigenvalue weighted by Crippen LogP contribution is 2.37. The first-order valence-electron chi connectivity index (χ1n) is 4.99. The first-order chi connectivity index (χ1) is 7.60. The Labute approximate surface area is 106 Å². The Morgan fingerprint density at radius 1 is 1.38 bits per heavy atom. The van der Waals surface area contributed by atoms with Gasteiger partial charge in [0.05, 0.1) is 17.8 Å². The molecule has 0 saturated heterocycles. The third-order valence-electron chi connectivity index (χ3n) is 2.30. The van der Waals surface area contributed by atoms with Crippen molar-refractivity contribution in [3.63, 3.8) is 0 Å². The zero-order valence-electron chi connectivity index (χ0n) is 9.68. The normalized spacial score (nSPS) is 10.3. The number of ether oxygens (including phenoxy) is 1. The van der Waals surface area contributed by atoms with Crippen molar-refractivity contribution in [3.05, 3.63) is 22.2 Å². The summed E-state index contributed by atoms with van der Waals surface area (Å²) in [5.74, 6) is 0.657. The number of nitrogens with one attached hydrogen (secondary N) is 1. The Hall–Kier alpha value is -0.640. The van der Waals surface area contributed by atoms with Gasteiger partial charge in [-0.25, -0.2) is 0 Å². The van der Waals surface area contributed by atoms with Crippen LogP contribution in [0.5, 0.6) is 5.75 Å². The predicted molar refractivity (Wildman–Crippen MR) is 70.2 cm³/mol. The highest BCUT2D eigenvalue weighted by atomic mass is 35.5. The molecule has 0 atom stereocenters. The Morgan fingerprint density at radius 2 is 2.06 bits per heavy atom. The number of anilines is 1. The molecule has 0 spiro atoms. The van der Waals surface area contributed by atoms with Gasteiger partial charge < -0.3 is 15.0 Å². The van der Waals surface area contributed by atoms with E-state index in [9.17, 15) is 0 Å². The number of hydrogen-bond donors (Lipinski definition) is 1. The van der Waals surface area contributed by atoms with Crippen molar-refractivity contribution >= 4 is 28.9 Å². The molecule has 3 nitrogen and oxygen atoms in total. The fourth-order valence-electron chi connectivity index (χ4n) is 1.43. The van der Waals surface area contributed by atoms with Gasteiger partial charge in [0.15, 0.2) is 5.75 Å². The Balaban J connectivity index is 3.00. The Morgan fingerprint density at radius 3 is 2.62 bits per heavy atom. The molecule has 0 unspecified atom stereocenters. The van der Waals surface area contributed by atoms with Crippen LogP contribution < -0.4 is 15.0 Å². The van der Waals surface area contributed by atoms with Crippen LogP contribution in [0.3, 0.4) is 0 Å². The molecule has 0 aliphatic heterocycles. The molecule has 1 aromatic rings. The van der Waals surface area contributed by atoms with E-state index in [1.807, 2.05) is 25.1 Å². The summed E-state index contributed by atoms with van der Waals surface area (Å²) >= 11 is 12.0. The average molecular weight is 263 g/mol. The van der Waals surface area contributed by atoms with E-state index in [2.05, 4.69) is 5.32 Å². The van der Waals surface area contributed by atoms with Gasteiger partial charge in [0.1, 0.15) is 0 Å². The summed E-state index contributed by atoms with van der Waals surface area (Å²) in [5.41, 5.74) is 0.898. The van der Waals surface area contributed by atoms with Gasteiger partial charge >= 0.3 is 0 Å². The van der Waals surface area contributed by atoms with Crippen molar-refractivity contribution in [1.82, 2.24) is 5.32 Å². The van der Waals surface area contributed by atoms with Crippen molar-refractivity contribution in [2.45, 2.75) is 0 Å². The van der Waals surface area contributed by atoms with Gasteiger partial charge in [0.25, 0.3) is 0 Å². The van der Waals surface area contributed by atoms with Crippen LogP contribution in [0.2, 0.25) is 10.0 Å². The van der Waals surface area contributed by atoms with Crippen LogP contribution in [-0.2, 0) is 0 Å². The van der Waals surface area contributed by atoms with Gasteiger partial charge in [-0.2, -0.15) is 0 Å². The van der Waals surface area contributed by atoms with Gasteiger partial charge in [-0.1, -0.05) is 23.2 Å². The first kappa shape index (κ1) is 13.4. The lowest BCUT2D eigenvalue weighted by Gasteiger charge is -2.22. The minimum Gasteiger partial charge on any atom is -0.493 e. The molecule has 0 amide bonds. The average Bonchev–Trinajstić information content (AvgIpc) is 2.24. The van der Waals surface area contributed by atoms with Crippen LogP contribution in [-0.4, -0.2) is 34.3 Å². The monoisotopic (exact) mass is 262 g/mol. The number of benzene rings is 1. The van der Waals surface area contributed by atoms with Crippen LogP contribution in [0, 0.1) is 0 Å². The van der Waals surface area contributed by atoms with E-state index < -0.39 is 0 Å². The molecule has 0 radical (unpaired) electrons. The smallest absolute Gasteiger partial charge is 0.160 e. The summed E-state index contributed by atoms with van der Waals surface area (Å²) in [6.45, 7) is 1.73. The highest BCUT2D eigenvalue weighted by Gasteiger charge is 2.13. The molecule has 0 aliphatic carbocycles. The maximum absolute atomic E-state index is 6.06. The van der Waals surface area contributed by atoms with Crippen LogP contribution in [0.15, 0.2) is 12.1 Å². The SMILES string of the molecule is CNCCN(C)c1cc(Cl)cc(Cl)c1OC. The quantitative estimate of drug-likeness (QED) is 0.883. The number of nitrogens with zero attached hydrogens (tertiary/aromatic N) is 1. The molecular formula is C11H16Cl2N2O. The van der Waals surface area contributed by atoms with E-state index in [0.717, 1.165) is 18.8 Å². The summed E-state index contributed by atoms with van der Waals surface area (Å²) in [5, 5.41) is 4.22. The molecule has 0 aromatic heterocycles. The predicted octanol–water partition coefficient (Wildman–Crippen LogP) is 2.66. The number of halogens is 2. The van der Waals surface area contributed by atoms with E-state index in [0.29, 0.717) is 15.8 Å². The van der Waals surface area contributed by atoms with Crippen LogP contribution >= 0.6 is 23.2 Å². The second-order valence-electron chi connectivity index (χ2n) is 3.47. The van der Waals surface area contributed by atoms with E-state index >= 15 is 0 Å². The molecule has 1 rings (SSSR count). The fraction of sp³-hybridized carbons (Fsp3) is 0.455. The van der Waals surface area contributed by atoms with E-state index in [1.165, 1.54) is 0 Å². The van der Waals surface area contributed by atoms with Gasteiger partial charge in [-0.15, -0.1) is 0 Å². The highest BCUT2D eigenvalue weighted by molar-refractivity contribution is 6.36. The molecule has 0 heterocycles. The molecule has 5 heteroatoms. The van der Waals surface area contributed by atoms with E-state index in [4.69, 9.17) is 27.9 Å². The first-order valence-corrected chi connectivity index (χ1v) is 5.74. The van der Waals surface area contributed by atoms with Crippen molar-refractivity contribution in [3.8, 4) is 5.75 Å². The summed E-state index contributed by atoms with van der Waals surface area (Å²) in [7, 11) is 5.49. The summed E-state index contributed by atoms with van der Waals surface area (Å²) in [4.78, 5) is 2.05. The number of hydrogen-bond acceptors (Lipinski definition) is 3. The lowest BCUT2D eigenvalue weighted by atomic mass is 10.2. The molecule has 90 valence electrons. The van der Waals surface area contributed by atoms with Gasteiger partial charge in [-0.05, 0) is 19.2 Å². The van der Waals surface area contributed by atoms with Gasteiger partial charge in [0.2, 0.25) is 0 Å². The van der Waals surface area contributed by atoms with E-state index in [-0.39, 0.29) is 0 Å². The minimum atomic E-state index is 0.529. The third-order valence-corrected chi connectivity index (χ3v) is 2.80. The van der Waals surface area contributed by atoms with Crippen molar-refractivity contribution in [2.75, 3.05) is 39.2 Å². The molecule has 0 fully saturated rings. The largest absolute Gasteiger partial charge is 0.493 e. The second-order valence-corrected chi connectivity index (χ2v) is 4.31.